The lowest BCUT2D eigenvalue weighted by Crippen LogP contribution is -2.73. The summed E-state index contributed by atoms with van der Waals surface area (Å²) in [6.07, 6.45) is 1.46. The Balaban J connectivity index is 1.53. The molecule has 0 unspecified atom stereocenters. The predicted molar refractivity (Wildman–Crippen MR) is 98.5 cm³/mol. The summed E-state index contributed by atoms with van der Waals surface area (Å²) in [7, 11) is 0. The van der Waals surface area contributed by atoms with Gasteiger partial charge in [0.2, 0.25) is 11.8 Å². The fourth-order valence-corrected chi connectivity index (χ4v) is 4.82. The van der Waals surface area contributed by atoms with E-state index < -0.39 is 0 Å². The maximum atomic E-state index is 12.9. The Bertz CT molecular complexity index is 689. The molecule has 140 valence electrons. The lowest BCUT2D eigenvalue weighted by Gasteiger charge is -2.59. The van der Waals surface area contributed by atoms with Crippen molar-refractivity contribution in [2.75, 3.05) is 32.9 Å². The molecule has 3 saturated heterocycles. The summed E-state index contributed by atoms with van der Waals surface area (Å²) < 4.78 is 6.34. The summed E-state index contributed by atoms with van der Waals surface area (Å²) in [6, 6.07) is 7.74. The van der Waals surface area contributed by atoms with Gasteiger partial charge in [-0.15, -0.1) is 0 Å². The number of benzene rings is 1. The molecule has 3 heterocycles. The van der Waals surface area contributed by atoms with Crippen LogP contribution in [0.4, 0.5) is 0 Å². The van der Waals surface area contributed by atoms with E-state index in [2.05, 4.69) is 15.9 Å². The van der Waals surface area contributed by atoms with Crippen LogP contribution in [0.15, 0.2) is 28.7 Å². The number of aliphatic hydroxyl groups excluding tert-OH is 1. The summed E-state index contributed by atoms with van der Waals surface area (Å²) in [4.78, 5) is 29.0. The van der Waals surface area contributed by atoms with E-state index in [1.807, 2.05) is 24.3 Å². The van der Waals surface area contributed by atoms with Crippen LogP contribution >= 0.6 is 15.9 Å². The Morgan fingerprint density at radius 3 is 2.58 bits per heavy atom. The van der Waals surface area contributed by atoms with Crippen molar-refractivity contribution in [3.05, 3.63) is 34.3 Å². The Hall–Kier alpha value is -1.44. The molecule has 0 radical (unpaired) electrons. The zero-order valence-electron chi connectivity index (χ0n) is 14.5. The molecule has 3 atom stereocenters. The molecule has 3 aliphatic rings. The monoisotopic (exact) mass is 422 g/mol. The average Bonchev–Trinajstić information content (AvgIpc) is 2.65. The molecular weight excluding hydrogens is 400 g/mol. The number of ether oxygens (including phenoxy) is 1. The summed E-state index contributed by atoms with van der Waals surface area (Å²) in [5, 5.41) is 9.81. The smallest absolute Gasteiger partial charge is 0.242 e. The molecule has 0 aliphatic carbocycles. The van der Waals surface area contributed by atoms with Crippen molar-refractivity contribution in [2.45, 2.75) is 30.8 Å². The first-order chi connectivity index (χ1) is 12.6. The normalized spacial score (nSPS) is 29.3. The Labute approximate surface area is 161 Å². The third-order valence-electron chi connectivity index (χ3n) is 5.89. The fourth-order valence-electron chi connectivity index (χ4n) is 4.56. The first-order valence-electron chi connectivity index (χ1n) is 9.14. The number of hydrogen-bond donors (Lipinski definition) is 1. The highest BCUT2D eigenvalue weighted by molar-refractivity contribution is 9.10. The molecule has 3 fully saturated rings. The molecule has 0 bridgehead atoms. The molecule has 4 rings (SSSR count). The van der Waals surface area contributed by atoms with E-state index in [0.29, 0.717) is 19.8 Å². The van der Waals surface area contributed by atoms with Crippen LogP contribution in [-0.2, 0) is 14.3 Å². The molecule has 26 heavy (non-hydrogen) atoms. The number of carbonyl (C=O) groups excluding carboxylic acids is 2. The molecule has 7 heteroatoms. The van der Waals surface area contributed by atoms with Gasteiger partial charge in [0.15, 0.2) is 0 Å². The minimum atomic E-state index is -0.200. The van der Waals surface area contributed by atoms with E-state index in [1.165, 1.54) is 0 Å². The number of fused-ring (bicyclic) bond motifs is 1. The lowest BCUT2D eigenvalue weighted by molar-refractivity contribution is -0.169. The van der Waals surface area contributed by atoms with Gasteiger partial charge in [0.1, 0.15) is 0 Å². The first-order valence-corrected chi connectivity index (χ1v) is 9.93. The van der Waals surface area contributed by atoms with Gasteiger partial charge in [-0.3, -0.25) is 9.59 Å². The number of hydrogen-bond acceptors (Lipinski definition) is 4. The number of nitrogens with zero attached hydrogens (tertiary/aromatic N) is 2. The Kier molecular flexibility index (Phi) is 5.03. The number of carbonyl (C=O) groups is 2. The quantitative estimate of drug-likeness (QED) is 0.798. The highest BCUT2D eigenvalue weighted by atomic mass is 79.9. The fraction of sp³-hybridized carbons (Fsp3) is 0.579. The van der Waals surface area contributed by atoms with E-state index >= 15 is 0 Å². The maximum absolute atomic E-state index is 12.9. The van der Waals surface area contributed by atoms with E-state index in [4.69, 9.17) is 4.74 Å². The van der Waals surface area contributed by atoms with Crippen LogP contribution in [0.5, 0.6) is 0 Å². The molecule has 3 aliphatic heterocycles. The molecule has 2 amide bonds. The van der Waals surface area contributed by atoms with Gasteiger partial charge in [0.05, 0.1) is 25.2 Å². The number of aliphatic hydroxyl groups is 1. The van der Waals surface area contributed by atoms with Crippen molar-refractivity contribution >= 4 is 27.7 Å². The van der Waals surface area contributed by atoms with Crippen molar-refractivity contribution in [2.24, 2.45) is 5.92 Å². The van der Waals surface area contributed by atoms with Crippen LogP contribution in [0.3, 0.4) is 0 Å². The lowest BCUT2D eigenvalue weighted by atomic mass is 9.73. The van der Waals surface area contributed by atoms with Gasteiger partial charge in [0.25, 0.3) is 0 Å². The second-order valence-electron chi connectivity index (χ2n) is 7.30. The van der Waals surface area contributed by atoms with Crippen molar-refractivity contribution in [1.29, 1.82) is 0 Å². The zero-order chi connectivity index (χ0) is 18.3. The van der Waals surface area contributed by atoms with Gasteiger partial charge in [-0.25, -0.2) is 0 Å². The number of rotatable bonds is 3. The second kappa shape index (κ2) is 7.29. The van der Waals surface area contributed by atoms with E-state index in [-0.39, 0.29) is 48.9 Å². The highest BCUT2D eigenvalue weighted by Crippen LogP contribution is 2.43. The van der Waals surface area contributed by atoms with E-state index in [0.717, 1.165) is 22.9 Å². The minimum absolute atomic E-state index is 0.0389. The third-order valence-corrected chi connectivity index (χ3v) is 6.42. The van der Waals surface area contributed by atoms with E-state index in [9.17, 15) is 14.7 Å². The van der Waals surface area contributed by atoms with Crippen LogP contribution in [0, 0.1) is 5.92 Å². The number of halogens is 1. The van der Waals surface area contributed by atoms with Crippen molar-refractivity contribution in [3.63, 3.8) is 0 Å². The van der Waals surface area contributed by atoms with Gasteiger partial charge in [-0.2, -0.15) is 0 Å². The largest absolute Gasteiger partial charge is 0.394 e. The van der Waals surface area contributed by atoms with E-state index in [1.54, 1.807) is 9.80 Å². The molecule has 0 aromatic heterocycles. The van der Waals surface area contributed by atoms with Gasteiger partial charge >= 0.3 is 0 Å². The van der Waals surface area contributed by atoms with Crippen molar-refractivity contribution in [3.8, 4) is 0 Å². The summed E-state index contributed by atoms with van der Waals surface area (Å²) in [5.74, 6) is 0.0302. The molecule has 0 saturated carbocycles. The summed E-state index contributed by atoms with van der Waals surface area (Å²) >= 11 is 3.44. The summed E-state index contributed by atoms with van der Waals surface area (Å²) in [5.41, 5.74) is 1.10. The number of amides is 2. The van der Waals surface area contributed by atoms with Gasteiger partial charge in [0, 0.05) is 36.1 Å². The Morgan fingerprint density at radius 2 is 1.92 bits per heavy atom. The van der Waals surface area contributed by atoms with Crippen molar-refractivity contribution < 1.29 is 19.4 Å². The second-order valence-corrected chi connectivity index (χ2v) is 8.22. The average molecular weight is 423 g/mol. The first kappa shape index (κ1) is 17.9. The standard InChI is InChI=1S/C19H23BrN2O4/c20-14-3-1-12(2-4-14)18-15-9-21(10-17(24)22(15)16(18)11-23)19(25)13-5-7-26-8-6-13/h1-4,13,15-16,18,23H,5-11H2/t15-,16-,18+/m0/s1. The molecule has 1 aromatic rings. The van der Waals surface area contributed by atoms with Gasteiger partial charge < -0.3 is 19.6 Å². The van der Waals surface area contributed by atoms with Gasteiger partial charge in [-0.05, 0) is 30.5 Å². The van der Waals surface area contributed by atoms with Crippen LogP contribution < -0.4 is 0 Å². The van der Waals surface area contributed by atoms with Crippen LogP contribution in [0.1, 0.15) is 24.3 Å². The minimum Gasteiger partial charge on any atom is -0.394 e. The van der Waals surface area contributed by atoms with Crippen LogP contribution in [0.25, 0.3) is 0 Å². The van der Waals surface area contributed by atoms with Gasteiger partial charge in [-0.1, -0.05) is 28.1 Å². The Morgan fingerprint density at radius 1 is 1.23 bits per heavy atom. The highest BCUT2D eigenvalue weighted by Gasteiger charge is 2.54. The summed E-state index contributed by atoms with van der Waals surface area (Å²) in [6.45, 7) is 1.83. The predicted octanol–water partition coefficient (Wildman–Crippen LogP) is 1.37. The third kappa shape index (κ3) is 3.06. The SMILES string of the molecule is O=C(C1CCOCC1)N1CC(=O)N2[C@@H](CO)[C@H](c3ccc(Br)cc3)[C@@H]2C1. The molecule has 1 aromatic carbocycles. The van der Waals surface area contributed by atoms with Crippen LogP contribution in [0.2, 0.25) is 0 Å². The van der Waals surface area contributed by atoms with Crippen LogP contribution in [-0.4, -0.2) is 71.7 Å². The molecule has 0 spiro atoms. The number of piperazine rings is 1. The molecule has 1 N–H and O–H groups in total. The van der Waals surface area contributed by atoms with Crippen molar-refractivity contribution in [1.82, 2.24) is 9.80 Å². The molecule has 6 nitrogen and oxygen atoms in total. The zero-order valence-corrected chi connectivity index (χ0v) is 16.1. The topological polar surface area (TPSA) is 70.1 Å². The molecular formula is C19H23BrN2O4. The maximum Gasteiger partial charge on any atom is 0.242 e.